The first kappa shape index (κ1) is 75.3. The molecule has 0 radical (unpaired) electrons. The maximum Gasteiger partial charge on any atom is 0.338 e. The number of esters is 6. The zero-order chi connectivity index (χ0) is 70.6. The van der Waals surface area contributed by atoms with Gasteiger partial charge in [0.2, 0.25) is 5.79 Å². The van der Waals surface area contributed by atoms with Crippen LogP contribution >= 0.6 is 0 Å². The van der Waals surface area contributed by atoms with E-state index in [2.05, 4.69) is 0 Å². The second kappa shape index (κ2) is 33.9. The molecule has 13 N–H and O–H groups in total. The molecule has 5 heterocycles. The summed E-state index contributed by atoms with van der Waals surface area (Å²) >= 11 is 0. The Morgan fingerprint density at radius 3 is 1.57 bits per heavy atom. The summed E-state index contributed by atoms with van der Waals surface area (Å²) in [6.07, 6.45) is -46.3. The van der Waals surface area contributed by atoms with Crippen molar-refractivity contribution in [1.82, 2.24) is 0 Å². The third-order valence-electron chi connectivity index (χ3n) is 15.8. The van der Waals surface area contributed by atoms with Crippen LogP contribution in [0.1, 0.15) is 42.3 Å². The Hall–Kier alpha value is -7.44. The predicted molar refractivity (Wildman–Crippen MR) is 313 cm³/mol. The van der Waals surface area contributed by atoms with Gasteiger partial charge in [-0.15, -0.1) is 0 Å². The molecule has 8 rings (SSSR count). The number of carbonyl (C=O) groups is 6. The van der Waals surface area contributed by atoms with Crippen LogP contribution in [-0.4, -0.2) is 296 Å². The Morgan fingerprint density at radius 2 is 1.00 bits per heavy atom. The van der Waals surface area contributed by atoms with Crippen molar-refractivity contribution in [1.29, 1.82) is 0 Å². The molecular formula is C62H76O35. The number of hydrogen-bond donors (Lipinski definition) is 13. The van der Waals surface area contributed by atoms with Crippen LogP contribution < -0.4 is 4.74 Å². The van der Waals surface area contributed by atoms with Gasteiger partial charge in [-0.05, 0) is 59.7 Å². The molecule has 3 aromatic rings. The number of aliphatic hydroxyl groups is 11. The molecule has 0 amide bonds. The highest BCUT2D eigenvalue weighted by atomic mass is 16.8. The fourth-order valence-electron chi connectivity index (χ4n) is 10.9. The van der Waals surface area contributed by atoms with Gasteiger partial charge in [0.1, 0.15) is 123 Å². The standard InChI is InChI=1S/C62H76O35/c1-27(66)83-24-39-51(86-29(3)68)53(92-58-48(78)46(76)43(73)36(21-63)87-58)50(80)60(89-39)93-54-52(91-42(72)19-14-31-12-17-34(70)35(20-31)82-4)40(25-84-28(2)67)90-61(95-59-49(79)47(77)44(74)37(22-64)88-59)55(54)97-62(26-85-41(71)18-13-30-10-15-33(69)16-11-30)56(45(75)38(23-65)96-62)94-57(81)32-8-6-5-7-9-32/h5-20,36-40,43-56,58-61,63-65,69-70,73-80H,21-26H2,1-4H3/b18-13+,19-14+/t36-,37-,38-,39-,40-,43-,44-,45-,46+,47+,48-,49-,50-,51-,52?,53-,54+,55-,56+,58+,59+,60+,61-,62+/m1/s1. The monoisotopic (exact) mass is 1380 g/mol. The maximum absolute atomic E-state index is 14.6. The zero-order valence-electron chi connectivity index (χ0n) is 52.1. The van der Waals surface area contributed by atoms with Crippen LogP contribution in [0, 0.1) is 0 Å². The van der Waals surface area contributed by atoms with E-state index in [4.69, 9.17) is 75.8 Å². The molecular weight excluding hydrogens is 1300 g/mol. The second-order valence-electron chi connectivity index (χ2n) is 22.6. The molecule has 97 heavy (non-hydrogen) atoms. The van der Waals surface area contributed by atoms with Crippen molar-refractivity contribution in [3.8, 4) is 17.2 Å². The van der Waals surface area contributed by atoms with Gasteiger partial charge in [0.15, 0.2) is 55.0 Å². The molecule has 24 atom stereocenters. The van der Waals surface area contributed by atoms with Crippen molar-refractivity contribution >= 4 is 48.0 Å². The summed E-state index contributed by atoms with van der Waals surface area (Å²) in [6.45, 7) is -3.76. The van der Waals surface area contributed by atoms with Gasteiger partial charge in [-0.3, -0.25) is 14.4 Å². The number of benzene rings is 3. The lowest BCUT2D eigenvalue weighted by Gasteiger charge is -2.51. The van der Waals surface area contributed by atoms with Crippen molar-refractivity contribution < 1.29 is 171 Å². The summed E-state index contributed by atoms with van der Waals surface area (Å²) in [5.74, 6) is -10.6. The highest BCUT2D eigenvalue weighted by molar-refractivity contribution is 5.90. The van der Waals surface area contributed by atoms with Crippen molar-refractivity contribution in [3.05, 3.63) is 102 Å². The van der Waals surface area contributed by atoms with Crippen LogP contribution in [0.25, 0.3) is 12.2 Å². The van der Waals surface area contributed by atoms with Gasteiger partial charge in [-0.25, -0.2) is 14.4 Å². The molecule has 0 aliphatic carbocycles. The lowest BCUT2D eigenvalue weighted by atomic mass is 9.95. The molecule has 534 valence electrons. The maximum atomic E-state index is 14.6. The average molecular weight is 1380 g/mol. The largest absolute Gasteiger partial charge is 0.508 e. The number of aliphatic hydroxyl groups excluding tert-OH is 11. The molecule has 0 spiro atoms. The summed E-state index contributed by atoms with van der Waals surface area (Å²) in [4.78, 5) is 81.2. The molecule has 0 bridgehead atoms. The van der Waals surface area contributed by atoms with Crippen molar-refractivity contribution in [3.63, 3.8) is 0 Å². The summed E-state index contributed by atoms with van der Waals surface area (Å²) in [6, 6.07) is 16.2. The van der Waals surface area contributed by atoms with Gasteiger partial charge in [-0.1, -0.05) is 36.4 Å². The molecule has 5 aliphatic rings. The summed E-state index contributed by atoms with van der Waals surface area (Å²) in [5.41, 5.74) is 0.338. The van der Waals surface area contributed by atoms with E-state index in [-0.39, 0.29) is 28.4 Å². The molecule has 5 saturated heterocycles. The smallest absolute Gasteiger partial charge is 0.338 e. The number of phenols is 2. The SMILES string of the molecule is COc1cc(/C=C/C(=O)OC2[C@@H](COC(C)=O)O[C@H](O[C@@H]3O[C@H](CO)[C@@H](O)[C@H](O)[C@H]3O)[C@H](O[C@]3(COC(=O)/C=C/c4ccc(O)cc4)O[C@H](CO)[C@@H](O)[C@@H]3OC(=O)c3ccccc3)[C@H]2O[C@@H]2O[C@H](COC(C)=O)[C@@H](OC(C)=O)[C@H](O[C@@H]3O[C@H](CO)[C@@H](O)[C@H](O)[C@H]3O)[C@H]2O)ccc1O. The Morgan fingerprint density at radius 1 is 0.485 bits per heavy atom. The minimum atomic E-state index is -3.11. The van der Waals surface area contributed by atoms with Crippen molar-refractivity contribution in [2.45, 2.75) is 168 Å². The first-order valence-electron chi connectivity index (χ1n) is 30.0. The van der Waals surface area contributed by atoms with Gasteiger partial charge in [-0.2, -0.15) is 0 Å². The van der Waals surface area contributed by atoms with E-state index in [1.54, 1.807) is 0 Å². The van der Waals surface area contributed by atoms with Crippen LogP contribution in [0.5, 0.6) is 17.2 Å². The fourth-order valence-corrected chi connectivity index (χ4v) is 10.9. The van der Waals surface area contributed by atoms with E-state index in [0.29, 0.717) is 5.56 Å². The van der Waals surface area contributed by atoms with Crippen molar-refractivity contribution in [2.24, 2.45) is 0 Å². The van der Waals surface area contributed by atoms with E-state index in [1.165, 1.54) is 86.0 Å². The summed E-state index contributed by atoms with van der Waals surface area (Å²) < 4.78 is 95.6. The summed E-state index contributed by atoms with van der Waals surface area (Å²) in [7, 11) is 1.24. The number of carbonyl (C=O) groups excluding carboxylic acids is 6. The first-order valence-corrected chi connectivity index (χ1v) is 30.0. The zero-order valence-corrected chi connectivity index (χ0v) is 52.1. The number of rotatable bonds is 26. The number of hydrogen-bond acceptors (Lipinski definition) is 35. The third kappa shape index (κ3) is 18.5. The number of aromatic hydroxyl groups is 2. The molecule has 0 aromatic heterocycles. The van der Waals surface area contributed by atoms with Crippen LogP contribution in [0.4, 0.5) is 0 Å². The average Bonchev–Trinajstić information content (AvgIpc) is 1.73. The van der Waals surface area contributed by atoms with Gasteiger partial charge >= 0.3 is 35.8 Å². The van der Waals surface area contributed by atoms with Gasteiger partial charge in [0, 0.05) is 32.9 Å². The highest BCUT2D eigenvalue weighted by Gasteiger charge is 2.65. The third-order valence-corrected chi connectivity index (χ3v) is 15.8. The first-order chi connectivity index (χ1) is 46.2. The van der Waals surface area contributed by atoms with Crippen LogP contribution in [0.15, 0.2) is 84.9 Å². The number of methoxy groups -OCH3 is 1. The van der Waals surface area contributed by atoms with Gasteiger partial charge < -0.3 is 142 Å². The Bertz CT molecular complexity index is 3180. The molecule has 35 heteroatoms. The molecule has 3 aromatic carbocycles. The predicted octanol–water partition coefficient (Wildman–Crippen LogP) is -4.40. The van der Waals surface area contributed by atoms with Crippen LogP contribution in [-0.2, 0) is 95.0 Å². The van der Waals surface area contributed by atoms with Crippen molar-refractivity contribution in [2.75, 3.05) is 46.8 Å². The molecule has 1 unspecified atom stereocenters. The number of phenolic OH excluding ortho intramolecular Hbond substituents is 2. The summed E-state index contributed by atoms with van der Waals surface area (Å²) in [5, 5.41) is 143. The Kier molecular flexibility index (Phi) is 26.3. The van der Waals surface area contributed by atoms with E-state index in [9.17, 15) is 95.2 Å². The lowest BCUT2D eigenvalue weighted by Crippen LogP contribution is -2.70. The quantitative estimate of drug-likeness (QED) is 0.0205. The molecule has 35 nitrogen and oxygen atoms in total. The van der Waals surface area contributed by atoms with Crippen LogP contribution in [0.3, 0.4) is 0 Å². The van der Waals surface area contributed by atoms with Gasteiger partial charge in [0.25, 0.3) is 0 Å². The minimum Gasteiger partial charge on any atom is -0.508 e. The highest BCUT2D eigenvalue weighted by Crippen LogP contribution is 2.43. The molecule has 0 saturated carbocycles. The Labute approximate surface area is 550 Å². The van der Waals surface area contributed by atoms with E-state index in [1.807, 2.05) is 0 Å². The van der Waals surface area contributed by atoms with Gasteiger partial charge in [0.05, 0.1) is 32.5 Å². The van der Waals surface area contributed by atoms with Crippen LogP contribution in [0.2, 0.25) is 0 Å². The Balaban J connectivity index is 1.35. The molecule has 5 aliphatic heterocycles. The topological polar surface area (TPSA) is 513 Å². The minimum absolute atomic E-state index is 0.0530. The lowest BCUT2D eigenvalue weighted by molar-refractivity contribution is -0.422. The van der Waals surface area contributed by atoms with E-state index >= 15 is 0 Å². The normalized spacial score (nSPS) is 35.1. The van der Waals surface area contributed by atoms with E-state index in [0.717, 1.165) is 39.0 Å². The number of ether oxygens (including phenoxy) is 16. The molecule has 5 fully saturated rings. The second-order valence-corrected chi connectivity index (χ2v) is 22.6. The van der Waals surface area contributed by atoms with E-state index < -0.39 is 222 Å². The fraction of sp³-hybridized carbons (Fsp3) is 0.548.